The minimum absolute atomic E-state index is 0.765. The molecule has 0 unspecified atom stereocenters. The van der Waals surface area contributed by atoms with Crippen molar-refractivity contribution in [1.29, 1.82) is 0 Å². The Morgan fingerprint density at radius 1 is 1.20 bits per heavy atom. The summed E-state index contributed by atoms with van der Waals surface area (Å²) in [5.41, 5.74) is 4.20. The molecule has 82 valence electrons. The lowest BCUT2D eigenvalue weighted by atomic mass is 9.82. The highest BCUT2D eigenvalue weighted by molar-refractivity contribution is 5.29. The molecule has 0 saturated heterocycles. The number of aryl methyl sites for hydroxylation is 2. The molecule has 1 heteroatoms. The molecule has 0 aliphatic heterocycles. The van der Waals surface area contributed by atoms with Gasteiger partial charge in [-0.2, -0.15) is 0 Å². The van der Waals surface area contributed by atoms with Crippen molar-refractivity contribution in [3.63, 3.8) is 0 Å². The monoisotopic (exact) mass is 203 g/mol. The van der Waals surface area contributed by atoms with Crippen molar-refractivity contribution >= 4 is 0 Å². The Balaban J connectivity index is 1.86. The summed E-state index contributed by atoms with van der Waals surface area (Å²) in [6.45, 7) is 7.71. The van der Waals surface area contributed by atoms with E-state index in [4.69, 9.17) is 0 Å². The first-order valence-electron chi connectivity index (χ1n) is 5.94. The molecule has 0 spiro atoms. The molecule has 0 amide bonds. The summed E-state index contributed by atoms with van der Waals surface area (Å²) >= 11 is 0. The van der Waals surface area contributed by atoms with Crippen LogP contribution in [-0.4, -0.2) is 6.04 Å². The van der Waals surface area contributed by atoms with Gasteiger partial charge < -0.3 is 5.32 Å². The van der Waals surface area contributed by atoms with E-state index >= 15 is 0 Å². The summed E-state index contributed by atoms with van der Waals surface area (Å²) in [5.74, 6) is 0.933. The predicted octanol–water partition coefficient (Wildman–Crippen LogP) is 3.19. The van der Waals surface area contributed by atoms with Crippen molar-refractivity contribution in [3.05, 3.63) is 34.9 Å². The lowest BCUT2D eigenvalue weighted by Gasteiger charge is -2.33. The van der Waals surface area contributed by atoms with Crippen LogP contribution in [0.2, 0.25) is 0 Å². The van der Waals surface area contributed by atoms with Crippen molar-refractivity contribution < 1.29 is 0 Å². The largest absolute Gasteiger partial charge is 0.310 e. The number of rotatable bonds is 3. The Bertz CT molecular complexity index is 337. The van der Waals surface area contributed by atoms with Crippen LogP contribution in [0.15, 0.2) is 18.2 Å². The third kappa shape index (κ3) is 2.60. The molecule has 0 heterocycles. The molecule has 1 aliphatic rings. The van der Waals surface area contributed by atoms with Crippen LogP contribution < -0.4 is 5.32 Å². The molecule has 1 aromatic carbocycles. The summed E-state index contributed by atoms with van der Waals surface area (Å²) in [6.07, 6.45) is 2.70. The van der Waals surface area contributed by atoms with Gasteiger partial charge in [-0.05, 0) is 49.3 Å². The van der Waals surface area contributed by atoms with E-state index in [1.165, 1.54) is 29.5 Å². The maximum Gasteiger partial charge on any atom is 0.0208 e. The molecule has 1 nitrogen and oxygen atoms in total. The van der Waals surface area contributed by atoms with Crippen LogP contribution >= 0.6 is 0 Å². The number of benzene rings is 1. The minimum Gasteiger partial charge on any atom is -0.310 e. The molecule has 1 aliphatic carbocycles. The molecule has 0 radical (unpaired) electrons. The standard InChI is InChI=1S/C14H21N/c1-10-6-14(7-10)15-9-13-5-4-11(2)12(3)8-13/h4-5,8,10,14-15H,6-7,9H2,1-3H3. The van der Waals surface area contributed by atoms with Crippen LogP contribution in [0.3, 0.4) is 0 Å². The molecule has 1 aromatic rings. The first kappa shape index (κ1) is 10.7. The fraction of sp³-hybridized carbons (Fsp3) is 0.571. The second kappa shape index (κ2) is 4.36. The normalized spacial score (nSPS) is 25.0. The molecule has 1 N–H and O–H groups in total. The van der Waals surface area contributed by atoms with Gasteiger partial charge >= 0.3 is 0 Å². The zero-order chi connectivity index (χ0) is 10.8. The third-order valence-electron chi connectivity index (χ3n) is 3.54. The van der Waals surface area contributed by atoms with Gasteiger partial charge in [0.05, 0.1) is 0 Å². The fourth-order valence-electron chi connectivity index (χ4n) is 2.24. The molecule has 0 aromatic heterocycles. The SMILES string of the molecule is Cc1ccc(CNC2CC(C)C2)cc1C. The first-order chi connectivity index (χ1) is 7.15. The van der Waals surface area contributed by atoms with Crippen LogP contribution in [0.5, 0.6) is 0 Å². The van der Waals surface area contributed by atoms with Gasteiger partial charge in [-0.3, -0.25) is 0 Å². The molecule has 1 saturated carbocycles. The van der Waals surface area contributed by atoms with E-state index in [0.29, 0.717) is 0 Å². The van der Waals surface area contributed by atoms with E-state index in [1.807, 2.05) is 0 Å². The summed E-state index contributed by atoms with van der Waals surface area (Å²) in [5, 5.41) is 3.61. The van der Waals surface area contributed by atoms with Gasteiger partial charge in [-0.15, -0.1) is 0 Å². The van der Waals surface area contributed by atoms with E-state index < -0.39 is 0 Å². The second-order valence-corrected chi connectivity index (χ2v) is 5.07. The van der Waals surface area contributed by atoms with E-state index in [-0.39, 0.29) is 0 Å². The summed E-state index contributed by atoms with van der Waals surface area (Å²) in [6, 6.07) is 7.51. The Hall–Kier alpha value is -0.820. The van der Waals surface area contributed by atoms with Gasteiger partial charge in [0.2, 0.25) is 0 Å². The molecular formula is C14H21N. The number of nitrogens with one attached hydrogen (secondary N) is 1. The van der Waals surface area contributed by atoms with Crippen molar-refractivity contribution in [1.82, 2.24) is 5.32 Å². The van der Waals surface area contributed by atoms with Gasteiger partial charge in [-0.1, -0.05) is 25.1 Å². The average molecular weight is 203 g/mol. The molecule has 0 bridgehead atoms. The molecular weight excluding hydrogens is 182 g/mol. The summed E-state index contributed by atoms with van der Waals surface area (Å²) in [4.78, 5) is 0. The minimum atomic E-state index is 0.765. The molecule has 2 rings (SSSR count). The van der Waals surface area contributed by atoms with E-state index in [0.717, 1.165) is 18.5 Å². The molecule has 15 heavy (non-hydrogen) atoms. The van der Waals surface area contributed by atoms with Gasteiger partial charge in [0, 0.05) is 12.6 Å². The maximum atomic E-state index is 3.61. The van der Waals surface area contributed by atoms with Gasteiger partial charge in [0.25, 0.3) is 0 Å². The highest BCUT2D eigenvalue weighted by Gasteiger charge is 2.24. The van der Waals surface area contributed by atoms with Crippen LogP contribution in [-0.2, 0) is 6.54 Å². The summed E-state index contributed by atoms with van der Waals surface area (Å²) < 4.78 is 0. The van der Waals surface area contributed by atoms with Crippen LogP contribution in [0.1, 0.15) is 36.5 Å². The van der Waals surface area contributed by atoms with Crippen molar-refractivity contribution in [3.8, 4) is 0 Å². The number of hydrogen-bond acceptors (Lipinski definition) is 1. The van der Waals surface area contributed by atoms with Gasteiger partial charge in [0.1, 0.15) is 0 Å². The lowest BCUT2D eigenvalue weighted by molar-refractivity contribution is 0.240. The van der Waals surface area contributed by atoms with Gasteiger partial charge in [0.15, 0.2) is 0 Å². The van der Waals surface area contributed by atoms with Gasteiger partial charge in [-0.25, -0.2) is 0 Å². The fourth-order valence-corrected chi connectivity index (χ4v) is 2.24. The van der Waals surface area contributed by atoms with Crippen molar-refractivity contribution in [2.75, 3.05) is 0 Å². The first-order valence-corrected chi connectivity index (χ1v) is 5.94. The van der Waals surface area contributed by atoms with E-state index in [2.05, 4.69) is 44.3 Å². The highest BCUT2D eigenvalue weighted by atomic mass is 14.9. The predicted molar refractivity (Wildman–Crippen MR) is 64.9 cm³/mol. The van der Waals surface area contributed by atoms with E-state index in [9.17, 15) is 0 Å². The summed E-state index contributed by atoms with van der Waals surface area (Å²) in [7, 11) is 0. The number of hydrogen-bond donors (Lipinski definition) is 1. The average Bonchev–Trinajstić information content (AvgIpc) is 2.16. The zero-order valence-corrected chi connectivity index (χ0v) is 10.0. The Morgan fingerprint density at radius 3 is 2.53 bits per heavy atom. The van der Waals surface area contributed by atoms with Crippen LogP contribution in [0.25, 0.3) is 0 Å². The Labute approximate surface area is 92.9 Å². The second-order valence-electron chi connectivity index (χ2n) is 5.07. The maximum absolute atomic E-state index is 3.61. The van der Waals surface area contributed by atoms with Crippen LogP contribution in [0, 0.1) is 19.8 Å². The van der Waals surface area contributed by atoms with Crippen molar-refractivity contribution in [2.45, 2.75) is 46.2 Å². The lowest BCUT2D eigenvalue weighted by Crippen LogP contribution is -2.39. The highest BCUT2D eigenvalue weighted by Crippen LogP contribution is 2.26. The smallest absolute Gasteiger partial charge is 0.0208 e. The zero-order valence-electron chi connectivity index (χ0n) is 10.0. The Morgan fingerprint density at radius 2 is 1.93 bits per heavy atom. The molecule has 0 atom stereocenters. The third-order valence-corrected chi connectivity index (χ3v) is 3.54. The molecule has 1 fully saturated rings. The van der Waals surface area contributed by atoms with Crippen molar-refractivity contribution in [2.24, 2.45) is 5.92 Å². The topological polar surface area (TPSA) is 12.0 Å². The van der Waals surface area contributed by atoms with Crippen LogP contribution in [0.4, 0.5) is 0 Å². The quantitative estimate of drug-likeness (QED) is 0.795. The Kier molecular flexibility index (Phi) is 3.11. The van der Waals surface area contributed by atoms with E-state index in [1.54, 1.807) is 0 Å².